The van der Waals surface area contributed by atoms with Crippen molar-refractivity contribution >= 4 is 23.5 Å². The predicted molar refractivity (Wildman–Crippen MR) is 120 cm³/mol. The summed E-state index contributed by atoms with van der Waals surface area (Å²) >= 11 is 0. The lowest BCUT2D eigenvalue weighted by molar-refractivity contribution is -0.162. The van der Waals surface area contributed by atoms with Gasteiger partial charge in [0.2, 0.25) is 0 Å². The van der Waals surface area contributed by atoms with E-state index in [1.54, 1.807) is 18.6 Å². The zero-order chi connectivity index (χ0) is 24.6. The van der Waals surface area contributed by atoms with Crippen LogP contribution in [0.4, 0.5) is 0 Å². The molecule has 3 aliphatic carbocycles. The summed E-state index contributed by atoms with van der Waals surface area (Å²) in [6, 6.07) is 1.80. The molecule has 1 aliphatic heterocycles. The highest BCUT2D eigenvalue weighted by molar-refractivity contribution is 6.12. The largest absolute Gasteiger partial charge is 0.472 e. The average Bonchev–Trinajstić information content (AvgIpc) is 3.32. The zero-order valence-electron chi connectivity index (χ0n) is 20.2. The Morgan fingerprint density at radius 2 is 1.88 bits per heavy atom. The highest BCUT2D eigenvalue weighted by Crippen LogP contribution is 2.65. The van der Waals surface area contributed by atoms with E-state index in [-0.39, 0.29) is 24.4 Å². The van der Waals surface area contributed by atoms with E-state index in [1.807, 2.05) is 20.8 Å². The number of rotatable bonds is 3. The number of carbonyl (C=O) groups excluding carboxylic acids is 4. The van der Waals surface area contributed by atoms with Crippen LogP contribution in [-0.4, -0.2) is 30.6 Å². The van der Waals surface area contributed by atoms with Gasteiger partial charge < -0.3 is 13.9 Å². The molecule has 7 heteroatoms. The van der Waals surface area contributed by atoms with Crippen LogP contribution in [-0.2, 0) is 28.7 Å². The first-order chi connectivity index (χ1) is 16.0. The summed E-state index contributed by atoms with van der Waals surface area (Å²) in [4.78, 5) is 52.5. The molecule has 5 atom stereocenters. The van der Waals surface area contributed by atoms with Crippen LogP contribution in [0.3, 0.4) is 0 Å². The van der Waals surface area contributed by atoms with E-state index in [0.717, 1.165) is 22.3 Å². The van der Waals surface area contributed by atoms with Crippen molar-refractivity contribution < 1.29 is 33.1 Å². The summed E-state index contributed by atoms with van der Waals surface area (Å²) in [5.74, 6) is -2.46. The summed E-state index contributed by atoms with van der Waals surface area (Å²) in [7, 11) is 1.32. The SMILES string of the molecule is COC(=O)C[C@H]1C(C)(C)C(=O)[C@@H]2CC3=C(CC[C@]4(C)C3=CC(=O)O[C@H]4c3ccoc3)C1(C)C2=O. The monoisotopic (exact) mass is 466 g/mol. The first kappa shape index (κ1) is 22.8. The van der Waals surface area contributed by atoms with Gasteiger partial charge in [-0.25, -0.2) is 4.79 Å². The van der Waals surface area contributed by atoms with Gasteiger partial charge in [-0.2, -0.15) is 0 Å². The standard InChI is InChI=1S/C27H30O7/c1-25(2)19(12-20(28)32-5)27(4)17-6-8-26(3)18(15(17)10-16(22(25)30)23(27)31)11-21(29)34-24(26)14-7-9-33-13-14/h7,9,11,13,16,19,24H,6,8,10,12H2,1-5H3/t16-,19-,24-,26+,27?/m0/s1. The van der Waals surface area contributed by atoms with E-state index in [1.165, 1.54) is 13.2 Å². The molecule has 7 nitrogen and oxygen atoms in total. The molecule has 0 spiro atoms. The quantitative estimate of drug-likeness (QED) is 0.484. The van der Waals surface area contributed by atoms with Crippen LogP contribution in [0.1, 0.15) is 65.0 Å². The molecule has 0 amide bonds. The highest BCUT2D eigenvalue weighted by atomic mass is 16.5. The number of hydrogen-bond acceptors (Lipinski definition) is 7. The van der Waals surface area contributed by atoms with Gasteiger partial charge in [-0.3, -0.25) is 14.4 Å². The fraction of sp³-hybridized carbons (Fsp3) is 0.556. The summed E-state index contributed by atoms with van der Waals surface area (Å²) in [5.41, 5.74) is 1.11. The molecule has 5 rings (SSSR count). The van der Waals surface area contributed by atoms with Gasteiger partial charge >= 0.3 is 11.9 Å². The van der Waals surface area contributed by atoms with Gasteiger partial charge in [0.15, 0.2) is 5.78 Å². The molecule has 34 heavy (non-hydrogen) atoms. The van der Waals surface area contributed by atoms with Crippen LogP contribution in [0.2, 0.25) is 0 Å². The van der Waals surface area contributed by atoms with Crippen molar-refractivity contribution in [1.29, 1.82) is 0 Å². The number of ether oxygens (including phenoxy) is 2. The Hall–Kier alpha value is -2.96. The summed E-state index contributed by atoms with van der Waals surface area (Å²) in [6.07, 6.45) is 5.71. The number of fused-ring (bicyclic) bond motifs is 5. The van der Waals surface area contributed by atoms with Crippen LogP contribution < -0.4 is 0 Å². The average molecular weight is 467 g/mol. The fourth-order valence-corrected chi connectivity index (χ4v) is 7.22. The van der Waals surface area contributed by atoms with Crippen molar-refractivity contribution in [2.45, 2.75) is 59.5 Å². The predicted octanol–water partition coefficient (Wildman–Crippen LogP) is 4.28. The molecule has 0 radical (unpaired) electrons. The van der Waals surface area contributed by atoms with Crippen molar-refractivity contribution in [3.63, 3.8) is 0 Å². The first-order valence-electron chi connectivity index (χ1n) is 11.8. The number of carbonyl (C=O) groups is 4. The van der Waals surface area contributed by atoms with E-state index in [4.69, 9.17) is 13.9 Å². The number of Topliss-reactive ketones (excluding diaryl/α,β-unsaturated/α-hetero) is 2. The maximum Gasteiger partial charge on any atom is 0.331 e. The second-order valence-electron chi connectivity index (χ2n) is 11.0. The molecule has 2 bridgehead atoms. The van der Waals surface area contributed by atoms with Crippen molar-refractivity contribution in [1.82, 2.24) is 0 Å². The Balaban J connectivity index is 1.70. The van der Waals surface area contributed by atoms with Crippen molar-refractivity contribution in [2.24, 2.45) is 28.1 Å². The Kier molecular flexibility index (Phi) is 4.88. The van der Waals surface area contributed by atoms with E-state index < -0.39 is 46.1 Å². The maximum absolute atomic E-state index is 13.8. The van der Waals surface area contributed by atoms with Gasteiger partial charge in [-0.05, 0) is 49.3 Å². The number of cyclic esters (lactones) is 1. The fourth-order valence-electron chi connectivity index (χ4n) is 7.22. The molecule has 0 saturated heterocycles. The van der Waals surface area contributed by atoms with E-state index in [2.05, 4.69) is 6.92 Å². The Morgan fingerprint density at radius 1 is 1.15 bits per heavy atom. The summed E-state index contributed by atoms with van der Waals surface area (Å²) in [6.45, 7) is 7.63. The lowest BCUT2D eigenvalue weighted by atomic mass is 9.43. The molecule has 1 aromatic heterocycles. The van der Waals surface area contributed by atoms with E-state index in [9.17, 15) is 19.2 Å². The molecular formula is C27H30O7. The summed E-state index contributed by atoms with van der Waals surface area (Å²) in [5, 5.41) is 0. The lowest BCUT2D eigenvalue weighted by Crippen LogP contribution is -2.61. The van der Waals surface area contributed by atoms with Gasteiger partial charge in [0.05, 0.1) is 37.4 Å². The van der Waals surface area contributed by atoms with Gasteiger partial charge in [-0.1, -0.05) is 26.3 Å². The third kappa shape index (κ3) is 2.82. The molecule has 1 fully saturated rings. The topological polar surface area (TPSA) is 99.9 Å². The van der Waals surface area contributed by atoms with Crippen molar-refractivity contribution in [3.8, 4) is 0 Å². The molecule has 1 aromatic rings. The smallest absolute Gasteiger partial charge is 0.331 e. The molecule has 180 valence electrons. The third-order valence-corrected chi connectivity index (χ3v) is 9.10. The maximum atomic E-state index is 13.8. The minimum absolute atomic E-state index is 0.0169. The second kappa shape index (κ2) is 7.27. The van der Waals surface area contributed by atoms with Crippen LogP contribution in [0.5, 0.6) is 0 Å². The van der Waals surface area contributed by atoms with Crippen LogP contribution in [0.25, 0.3) is 0 Å². The number of furan rings is 1. The summed E-state index contributed by atoms with van der Waals surface area (Å²) < 4.78 is 16.0. The van der Waals surface area contributed by atoms with Crippen molar-refractivity contribution in [3.05, 3.63) is 47.0 Å². The molecule has 2 heterocycles. The molecule has 0 N–H and O–H groups in total. The number of esters is 2. The van der Waals surface area contributed by atoms with Gasteiger partial charge in [-0.15, -0.1) is 0 Å². The molecule has 1 unspecified atom stereocenters. The van der Waals surface area contributed by atoms with Gasteiger partial charge in [0.1, 0.15) is 11.9 Å². The Labute approximate surface area is 198 Å². The Morgan fingerprint density at radius 3 is 2.53 bits per heavy atom. The number of methoxy groups -OCH3 is 1. The number of ketones is 2. The van der Waals surface area contributed by atoms with Gasteiger partial charge in [0, 0.05) is 22.5 Å². The first-order valence-corrected chi connectivity index (χ1v) is 11.8. The lowest BCUT2D eigenvalue weighted by Gasteiger charge is -2.58. The minimum Gasteiger partial charge on any atom is -0.472 e. The van der Waals surface area contributed by atoms with Crippen LogP contribution in [0.15, 0.2) is 45.8 Å². The zero-order valence-corrected chi connectivity index (χ0v) is 20.2. The Bertz CT molecular complexity index is 1170. The number of hydrogen-bond donors (Lipinski definition) is 0. The second-order valence-corrected chi connectivity index (χ2v) is 11.0. The molecule has 1 saturated carbocycles. The normalized spacial score (nSPS) is 36.3. The highest BCUT2D eigenvalue weighted by Gasteiger charge is 2.65. The minimum atomic E-state index is -0.988. The molecule has 4 aliphatic rings. The van der Waals surface area contributed by atoms with Crippen LogP contribution >= 0.6 is 0 Å². The van der Waals surface area contributed by atoms with Crippen molar-refractivity contribution in [2.75, 3.05) is 7.11 Å². The van der Waals surface area contributed by atoms with E-state index >= 15 is 0 Å². The van der Waals surface area contributed by atoms with Gasteiger partial charge in [0.25, 0.3) is 0 Å². The number of allylic oxidation sites excluding steroid dienone is 2. The third-order valence-electron chi connectivity index (χ3n) is 9.10. The van der Waals surface area contributed by atoms with E-state index in [0.29, 0.717) is 12.8 Å². The van der Waals surface area contributed by atoms with Crippen LogP contribution in [0, 0.1) is 28.1 Å². The molecular weight excluding hydrogens is 436 g/mol. The molecule has 0 aromatic carbocycles.